The quantitative estimate of drug-likeness (QED) is 0.778. The SMILES string of the molecule is NCCCN(Cc1ccccc1)S(=O)(=O)c1cc2c(cc1Cl)OCCO2. The highest BCUT2D eigenvalue weighted by Crippen LogP contribution is 2.38. The van der Waals surface area contributed by atoms with E-state index in [1.165, 1.54) is 16.4 Å². The Kier molecular flexibility index (Phi) is 6.03. The molecule has 1 heterocycles. The number of sulfonamides is 1. The minimum absolute atomic E-state index is 0.0105. The molecule has 1 aliphatic rings. The molecular weight excluding hydrogens is 376 g/mol. The molecule has 0 radical (unpaired) electrons. The number of hydrogen-bond donors (Lipinski definition) is 1. The average Bonchev–Trinajstić information content (AvgIpc) is 2.65. The van der Waals surface area contributed by atoms with Crippen molar-refractivity contribution in [1.82, 2.24) is 4.31 Å². The van der Waals surface area contributed by atoms with Crippen LogP contribution in [0.25, 0.3) is 0 Å². The maximum atomic E-state index is 13.3. The molecule has 0 fully saturated rings. The van der Waals surface area contributed by atoms with Gasteiger partial charge in [-0.15, -0.1) is 0 Å². The topological polar surface area (TPSA) is 81.9 Å². The molecule has 1 aliphatic heterocycles. The molecule has 6 nitrogen and oxygen atoms in total. The van der Waals surface area contributed by atoms with Crippen LogP contribution in [0.1, 0.15) is 12.0 Å². The summed E-state index contributed by atoms with van der Waals surface area (Å²) in [4.78, 5) is 0.0105. The van der Waals surface area contributed by atoms with Gasteiger partial charge in [-0.3, -0.25) is 0 Å². The van der Waals surface area contributed by atoms with Gasteiger partial charge in [0.1, 0.15) is 18.1 Å². The number of benzene rings is 2. The minimum atomic E-state index is -3.83. The lowest BCUT2D eigenvalue weighted by Gasteiger charge is -2.24. The second-order valence-corrected chi connectivity index (χ2v) is 8.21. The third-order valence-corrected chi connectivity index (χ3v) is 6.34. The first-order chi connectivity index (χ1) is 12.5. The van der Waals surface area contributed by atoms with Crippen molar-refractivity contribution in [3.05, 3.63) is 53.1 Å². The molecular formula is C18H21ClN2O4S. The van der Waals surface area contributed by atoms with E-state index in [0.29, 0.717) is 44.2 Å². The van der Waals surface area contributed by atoms with Crippen LogP contribution >= 0.6 is 11.6 Å². The Bertz CT molecular complexity index is 859. The molecule has 26 heavy (non-hydrogen) atoms. The average molecular weight is 397 g/mol. The summed E-state index contributed by atoms with van der Waals surface area (Å²) in [5.74, 6) is 0.842. The molecule has 2 aromatic rings. The van der Waals surface area contributed by atoms with Gasteiger partial charge in [-0.25, -0.2) is 8.42 Å². The van der Waals surface area contributed by atoms with Gasteiger partial charge in [0, 0.05) is 25.2 Å². The molecule has 0 saturated heterocycles. The number of hydrogen-bond acceptors (Lipinski definition) is 5. The van der Waals surface area contributed by atoms with Crippen LogP contribution in [0, 0.1) is 0 Å². The van der Waals surface area contributed by atoms with Crippen LogP contribution in [0.3, 0.4) is 0 Å². The third kappa shape index (κ3) is 4.12. The first-order valence-corrected chi connectivity index (χ1v) is 10.2. The van der Waals surface area contributed by atoms with Gasteiger partial charge in [-0.1, -0.05) is 41.9 Å². The Morgan fingerprint density at radius 3 is 2.38 bits per heavy atom. The van der Waals surface area contributed by atoms with E-state index in [2.05, 4.69) is 0 Å². The summed E-state index contributed by atoms with van der Waals surface area (Å²) in [6, 6.07) is 12.3. The van der Waals surface area contributed by atoms with E-state index in [4.69, 9.17) is 26.8 Å². The van der Waals surface area contributed by atoms with Crippen molar-refractivity contribution in [1.29, 1.82) is 0 Å². The Balaban J connectivity index is 1.96. The van der Waals surface area contributed by atoms with Crippen molar-refractivity contribution in [2.75, 3.05) is 26.3 Å². The number of nitrogens with two attached hydrogens (primary N) is 1. The summed E-state index contributed by atoms with van der Waals surface area (Å²) < 4.78 is 38.9. The Labute approximate surface area is 158 Å². The summed E-state index contributed by atoms with van der Waals surface area (Å²) in [5, 5.41) is 0.111. The number of rotatable bonds is 7. The minimum Gasteiger partial charge on any atom is -0.486 e. The maximum absolute atomic E-state index is 13.3. The predicted octanol–water partition coefficient (Wildman–Crippen LogP) is 2.65. The molecule has 8 heteroatoms. The van der Waals surface area contributed by atoms with E-state index in [9.17, 15) is 8.42 Å². The molecule has 0 atom stereocenters. The molecule has 0 saturated carbocycles. The Hall–Kier alpha value is -1.80. The second kappa shape index (κ2) is 8.26. The zero-order valence-corrected chi connectivity index (χ0v) is 15.8. The first kappa shape index (κ1) is 19.0. The fourth-order valence-corrected chi connectivity index (χ4v) is 4.70. The van der Waals surface area contributed by atoms with Crippen LogP contribution in [0.5, 0.6) is 11.5 Å². The van der Waals surface area contributed by atoms with Gasteiger partial charge in [-0.05, 0) is 18.5 Å². The summed E-state index contributed by atoms with van der Waals surface area (Å²) in [7, 11) is -3.83. The van der Waals surface area contributed by atoms with Crippen LogP contribution < -0.4 is 15.2 Å². The van der Waals surface area contributed by atoms with E-state index in [1.54, 1.807) is 0 Å². The van der Waals surface area contributed by atoms with Gasteiger partial charge < -0.3 is 15.2 Å². The normalized spacial score (nSPS) is 13.8. The van der Waals surface area contributed by atoms with Crippen molar-refractivity contribution in [3.63, 3.8) is 0 Å². The molecule has 0 aromatic heterocycles. The molecule has 0 aliphatic carbocycles. The van der Waals surface area contributed by atoms with Gasteiger partial charge in [0.25, 0.3) is 0 Å². The molecule has 3 rings (SSSR count). The Morgan fingerprint density at radius 2 is 1.73 bits per heavy atom. The van der Waals surface area contributed by atoms with Crippen molar-refractivity contribution < 1.29 is 17.9 Å². The van der Waals surface area contributed by atoms with Gasteiger partial charge in [0.15, 0.2) is 11.5 Å². The van der Waals surface area contributed by atoms with Crippen LogP contribution in [-0.4, -0.2) is 39.0 Å². The van der Waals surface area contributed by atoms with Crippen LogP contribution in [0.15, 0.2) is 47.4 Å². The van der Waals surface area contributed by atoms with E-state index < -0.39 is 10.0 Å². The van der Waals surface area contributed by atoms with Gasteiger partial charge in [-0.2, -0.15) is 4.31 Å². The number of nitrogens with zero attached hydrogens (tertiary/aromatic N) is 1. The second-order valence-electron chi connectivity index (χ2n) is 5.89. The lowest BCUT2D eigenvalue weighted by atomic mass is 10.2. The molecule has 2 aromatic carbocycles. The van der Waals surface area contributed by atoms with Gasteiger partial charge in [0.2, 0.25) is 10.0 Å². The fraction of sp³-hybridized carbons (Fsp3) is 0.333. The highest BCUT2D eigenvalue weighted by atomic mass is 35.5. The number of halogens is 1. The molecule has 0 spiro atoms. The molecule has 2 N–H and O–H groups in total. The van der Waals surface area contributed by atoms with Crippen molar-refractivity contribution in [3.8, 4) is 11.5 Å². The van der Waals surface area contributed by atoms with Crippen LogP contribution in [0.2, 0.25) is 5.02 Å². The van der Waals surface area contributed by atoms with Crippen LogP contribution in [0.4, 0.5) is 0 Å². The molecule has 0 bridgehead atoms. The molecule has 0 unspecified atom stereocenters. The lowest BCUT2D eigenvalue weighted by Crippen LogP contribution is -2.33. The highest BCUT2D eigenvalue weighted by molar-refractivity contribution is 7.89. The number of ether oxygens (including phenoxy) is 2. The summed E-state index contributed by atoms with van der Waals surface area (Å²) in [5.41, 5.74) is 6.48. The summed E-state index contributed by atoms with van der Waals surface area (Å²) >= 11 is 6.26. The fourth-order valence-electron chi connectivity index (χ4n) is 2.72. The molecule has 140 valence electrons. The zero-order chi connectivity index (χ0) is 18.6. The van der Waals surface area contributed by atoms with E-state index in [1.807, 2.05) is 30.3 Å². The molecule has 0 amide bonds. The maximum Gasteiger partial charge on any atom is 0.245 e. The van der Waals surface area contributed by atoms with Crippen LogP contribution in [-0.2, 0) is 16.6 Å². The smallest absolute Gasteiger partial charge is 0.245 e. The van der Waals surface area contributed by atoms with E-state index in [0.717, 1.165) is 5.56 Å². The van der Waals surface area contributed by atoms with E-state index in [-0.39, 0.29) is 16.5 Å². The van der Waals surface area contributed by atoms with Gasteiger partial charge in [0.05, 0.1) is 5.02 Å². The van der Waals surface area contributed by atoms with Crippen molar-refractivity contribution in [2.24, 2.45) is 5.73 Å². The first-order valence-electron chi connectivity index (χ1n) is 8.35. The zero-order valence-electron chi connectivity index (χ0n) is 14.2. The number of fused-ring (bicyclic) bond motifs is 1. The monoisotopic (exact) mass is 396 g/mol. The van der Waals surface area contributed by atoms with Crippen molar-refractivity contribution in [2.45, 2.75) is 17.9 Å². The van der Waals surface area contributed by atoms with Crippen molar-refractivity contribution >= 4 is 21.6 Å². The summed E-state index contributed by atoms with van der Waals surface area (Å²) in [6.45, 7) is 1.73. The summed E-state index contributed by atoms with van der Waals surface area (Å²) in [6.07, 6.45) is 0.550. The predicted molar refractivity (Wildman–Crippen MR) is 100 cm³/mol. The Morgan fingerprint density at radius 1 is 1.08 bits per heavy atom. The highest BCUT2D eigenvalue weighted by Gasteiger charge is 2.29. The largest absolute Gasteiger partial charge is 0.486 e. The third-order valence-electron chi connectivity index (χ3n) is 4.03. The lowest BCUT2D eigenvalue weighted by molar-refractivity contribution is 0.171. The van der Waals surface area contributed by atoms with E-state index >= 15 is 0 Å². The standard InChI is InChI=1S/C18H21ClN2O4S/c19-15-11-16-17(25-10-9-24-16)12-18(15)26(22,23)21(8-4-7-20)13-14-5-2-1-3-6-14/h1-3,5-6,11-12H,4,7-10,13,20H2. The van der Waals surface area contributed by atoms with Gasteiger partial charge >= 0.3 is 0 Å².